The molecule has 1 atom stereocenters. The summed E-state index contributed by atoms with van der Waals surface area (Å²) < 4.78 is 1.71. The van der Waals surface area contributed by atoms with E-state index < -0.39 is 0 Å². The SMILES string of the molecule is Cc1ccc(-n2c(SCC(=O)N3CCCCC3C)nc3sc4c(c3c2=O)CCC4)cc1. The molecule has 31 heavy (non-hydrogen) atoms. The Morgan fingerprint density at radius 2 is 2.00 bits per heavy atom. The van der Waals surface area contributed by atoms with Crippen LogP contribution in [0, 0.1) is 6.92 Å². The van der Waals surface area contributed by atoms with Crippen LogP contribution in [0.4, 0.5) is 0 Å². The molecule has 0 N–H and O–H groups in total. The van der Waals surface area contributed by atoms with E-state index in [1.54, 1.807) is 15.9 Å². The molecule has 7 heteroatoms. The number of aryl methyl sites for hydroxylation is 3. The van der Waals surface area contributed by atoms with Crippen molar-refractivity contribution in [2.75, 3.05) is 12.3 Å². The molecule has 5 rings (SSSR count). The number of thiophene rings is 1. The molecular weight excluding hydrogens is 426 g/mol. The topological polar surface area (TPSA) is 55.2 Å². The number of hydrogen-bond donors (Lipinski definition) is 0. The van der Waals surface area contributed by atoms with Crippen molar-refractivity contribution in [2.24, 2.45) is 0 Å². The molecule has 0 saturated carbocycles. The van der Waals surface area contributed by atoms with Crippen LogP contribution >= 0.6 is 23.1 Å². The largest absolute Gasteiger partial charge is 0.339 e. The second kappa shape index (κ2) is 8.43. The van der Waals surface area contributed by atoms with Crippen molar-refractivity contribution in [1.29, 1.82) is 0 Å². The van der Waals surface area contributed by atoms with Gasteiger partial charge >= 0.3 is 0 Å². The van der Waals surface area contributed by atoms with Gasteiger partial charge in [-0.1, -0.05) is 29.5 Å². The quantitative estimate of drug-likeness (QED) is 0.423. The second-order valence-corrected chi connectivity index (χ2v) is 10.7. The van der Waals surface area contributed by atoms with E-state index in [4.69, 9.17) is 4.98 Å². The number of hydrogen-bond acceptors (Lipinski definition) is 5. The highest BCUT2D eigenvalue weighted by molar-refractivity contribution is 7.99. The summed E-state index contributed by atoms with van der Waals surface area (Å²) in [5, 5.41) is 1.39. The van der Waals surface area contributed by atoms with Gasteiger partial charge in [0.2, 0.25) is 5.91 Å². The van der Waals surface area contributed by atoms with Crippen LogP contribution in [-0.2, 0) is 17.6 Å². The van der Waals surface area contributed by atoms with Gasteiger partial charge in [-0.15, -0.1) is 11.3 Å². The van der Waals surface area contributed by atoms with Crippen LogP contribution in [0.1, 0.15) is 48.6 Å². The number of benzene rings is 1. The number of piperidine rings is 1. The second-order valence-electron chi connectivity index (χ2n) is 8.63. The van der Waals surface area contributed by atoms with Crippen LogP contribution in [0.2, 0.25) is 0 Å². The summed E-state index contributed by atoms with van der Waals surface area (Å²) in [5.74, 6) is 0.440. The summed E-state index contributed by atoms with van der Waals surface area (Å²) in [6, 6.07) is 8.25. The standard InChI is InChI=1S/C24H27N3O2S2/c1-15-9-11-17(12-10-15)27-23(29)21-18-7-5-8-19(18)31-22(21)25-24(27)30-14-20(28)26-13-4-3-6-16(26)2/h9-12,16H,3-8,13-14H2,1-2H3. The van der Waals surface area contributed by atoms with E-state index >= 15 is 0 Å². The number of thioether (sulfide) groups is 1. The van der Waals surface area contributed by atoms with Crippen molar-refractivity contribution < 1.29 is 4.79 Å². The number of rotatable bonds is 4. The van der Waals surface area contributed by atoms with Crippen LogP contribution in [-0.4, -0.2) is 38.7 Å². The lowest BCUT2D eigenvalue weighted by Gasteiger charge is -2.33. The zero-order valence-electron chi connectivity index (χ0n) is 18.0. The molecule has 1 unspecified atom stereocenters. The molecule has 3 heterocycles. The van der Waals surface area contributed by atoms with E-state index in [9.17, 15) is 9.59 Å². The van der Waals surface area contributed by atoms with Crippen molar-refractivity contribution >= 4 is 39.2 Å². The fourth-order valence-electron chi connectivity index (χ4n) is 4.72. The molecule has 1 aliphatic carbocycles. The van der Waals surface area contributed by atoms with Gasteiger partial charge in [0.25, 0.3) is 5.56 Å². The van der Waals surface area contributed by atoms with Crippen LogP contribution in [0.5, 0.6) is 0 Å². The van der Waals surface area contributed by atoms with E-state index in [-0.39, 0.29) is 17.5 Å². The lowest BCUT2D eigenvalue weighted by molar-refractivity contribution is -0.131. The Labute approximate surface area is 190 Å². The number of nitrogens with zero attached hydrogens (tertiary/aromatic N) is 3. The Hall–Kier alpha value is -2.12. The van der Waals surface area contributed by atoms with E-state index in [2.05, 4.69) is 6.92 Å². The third-order valence-electron chi connectivity index (χ3n) is 6.45. The highest BCUT2D eigenvalue weighted by Crippen LogP contribution is 2.36. The number of likely N-dealkylation sites (tertiary alicyclic amines) is 1. The minimum absolute atomic E-state index is 0.00505. The molecule has 1 amide bonds. The first kappa shape index (κ1) is 20.8. The van der Waals surface area contributed by atoms with Crippen molar-refractivity contribution in [1.82, 2.24) is 14.5 Å². The van der Waals surface area contributed by atoms with Crippen LogP contribution < -0.4 is 5.56 Å². The van der Waals surface area contributed by atoms with Gasteiger partial charge in [-0.25, -0.2) is 4.98 Å². The first-order valence-electron chi connectivity index (χ1n) is 11.1. The molecule has 2 aromatic heterocycles. The Morgan fingerprint density at radius 3 is 2.77 bits per heavy atom. The number of carbonyl (C=O) groups is 1. The molecule has 3 aromatic rings. The maximum atomic E-state index is 13.7. The molecule has 1 aliphatic heterocycles. The molecule has 0 spiro atoms. The van der Waals surface area contributed by atoms with Crippen LogP contribution in [0.15, 0.2) is 34.2 Å². The molecule has 5 nitrogen and oxygen atoms in total. The Bertz CT molecular complexity index is 1200. The number of amides is 1. The predicted molar refractivity (Wildman–Crippen MR) is 128 cm³/mol. The van der Waals surface area contributed by atoms with Gasteiger partial charge in [-0.05, 0) is 70.1 Å². The van der Waals surface area contributed by atoms with Crippen molar-refractivity contribution in [3.05, 3.63) is 50.6 Å². The third-order valence-corrected chi connectivity index (χ3v) is 8.56. The van der Waals surface area contributed by atoms with Gasteiger partial charge in [-0.2, -0.15) is 0 Å². The summed E-state index contributed by atoms with van der Waals surface area (Å²) >= 11 is 3.04. The maximum Gasteiger partial charge on any atom is 0.267 e. The highest BCUT2D eigenvalue weighted by atomic mass is 32.2. The zero-order chi connectivity index (χ0) is 21.5. The van der Waals surface area contributed by atoms with Crippen molar-refractivity contribution in [2.45, 2.75) is 63.6 Å². The smallest absolute Gasteiger partial charge is 0.267 e. The fraction of sp³-hybridized carbons (Fsp3) is 0.458. The fourth-order valence-corrected chi connectivity index (χ4v) is 6.92. The Kier molecular flexibility index (Phi) is 5.65. The summed E-state index contributed by atoms with van der Waals surface area (Å²) in [6.45, 7) is 4.99. The zero-order valence-corrected chi connectivity index (χ0v) is 19.7. The molecular formula is C24H27N3O2S2. The monoisotopic (exact) mass is 453 g/mol. The molecule has 1 aromatic carbocycles. The van der Waals surface area contributed by atoms with Gasteiger partial charge in [-0.3, -0.25) is 14.2 Å². The van der Waals surface area contributed by atoms with Crippen molar-refractivity contribution in [3.63, 3.8) is 0 Å². The van der Waals surface area contributed by atoms with Gasteiger partial charge in [0.15, 0.2) is 5.16 Å². The van der Waals surface area contributed by atoms with Crippen LogP contribution in [0.3, 0.4) is 0 Å². The molecule has 1 saturated heterocycles. The normalized spacial score (nSPS) is 18.5. The van der Waals surface area contributed by atoms with Gasteiger partial charge in [0.05, 0.1) is 16.8 Å². The lowest BCUT2D eigenvalue weighted by atomic mass is 10.0. The molecule has 0 radical (unpaired) electrons. The minimum atomic E-state index is -0.00505. The Balaban J connectivity index is 1.54. The van der Waals surface area contributed by atoms with Gasteiger partial charge in [0, 0.05) is 17.5 Å². The first-order chi connectivity index (χ1) is 15.0. The summed E-state index contributed by atoms with van der Waals surface area (Å²) in [6.07, 6.45) is 6.42. The van der Waals surface area contributed by atoms with Crippen molar-refractivity contribution in [3.8, 4) is 5.69 Å². The number of carbonyl (C=O) groups excluding carboxylic acids is 1. The molecule has 162 valence electrons. The van der Waals surface area contributed by atoms with E-state index in [1.807, 2.05) is 36.1 Å². The molecule has 2 aliphatic rings. The lowest BCUT2D eigenvalue weighted by Crippen LogP contribution is -2.43. The van der Waals surface area contributed by atoms with E-state index in [0.717, 1.165) is 60.1 Å². The van der Waals surface area contributed by atoms with E-state index in [0.29, 0.717) is 10.9 Å². The first-order valence-corrected chi connectivity index (χ1v) is 12.9. The average molecular weight is 454 g/mol. The highest BCUT2D eigenvalue weighted by Gasteiger charge is 2.26. The number of aromatic nitrogens is 2. The number of fused-ring (bicyclic) bond motifs is 3. The van der Waals surface area contributed by atoms with Gasteiger partial charge < -0.3 is 4.90 Å². The molecule has 1 fully saturated rings. The Morgan fingerprint density at radius 1 is 1.19 bits per heavy atom. The predicted octanol–water partition coefficient (Wildman–Crippen LogP) is 4.74. The summed E-state index contributed by atoms with van der Waals surface area (Å²) in [5.41, 5.74) is 3.14. The van der Waals surface area contributed by atoms with Gasteiger partial charge in [0.1, 0.15) is 4.83 Å². The summed E-state index contributed by atoms with van der Waals surface area (Å²) in [4.78, 5) is 35.6. The average Bonchev–Trinajstić information content (AvgIpc) is 3.34. The summed E-state index contributed by atoms with van der Waals surface area (Å²) in [7, 11) is 0. The van der Waals surface area contributed by atoms with Crippen LogP contribution in [0.25, 0.3) is 15.9 Å². The van der Waals surface area contributed by atoms with E-state index in [1.165, 1.54) is 28.6 Å². The maximum absolute atomic E-state index is 13.7. The third kappa shape index (κ3) is 3.82. The minimum Gasteiger partial charge on any atom is -0.339 e. The molecule has 0 bridgehead atoms.